The molecule has 5 nitrogen and oxygen atoms in total. The summed E-state index contributed by atoms with van der Waals surface area (Å²) in [5, 5.41) is 5.38. The second kappa shape index (κ2) is 6.22. The van der Waals surface area contributed by atoms with Crippen LogP contribution in [-0.4, -0.2) is 18.2 Å². The van der Waals surface area contributed by atoms with Crippen molar-refractivity contribution in [1.29, 1.82) is 0 Å². The smallest absolute Gasteiger partial charge is 0.262 e. The maximum atomic E-state index is 12.8. The summed E-state index contributed by atoms with van der Waals surface area (Å²) < 4.78 is 30.2. The molecule has 3 aromatic carbocycles. The predicted molar refractivity (Wildman–Crippen MR) is 110 cm³/mol. The van der Waals surface area contributed by atoms with Crippen molar-refractivity contribution in [1.82, 2.24) is 9.78 Å². The molecule has 7 heteroatoms. The molecule has 0 saturated carbocycles. The van der Waals surface area contributed by atoms with Crippen LogP contribution in [0.1, 0.15) is 0 Å². The minimum absolute atomic E-state index is 0.238. The number of nitrogens with one attached hydrogen (secondary N) is 1. The van der Waals surface area contributed by atoms with Crippen molar-refractivity contribution in [2.24, 2.45) is 0 Å². The average molecular weight is 408 g/mol. The Morgan fingerprint density at radius 2 is 1.54 bits per heavy atom. The fourth-order valence-corrected chi connectivity index (χ4v) is 4.83. The van der Waals surface area contributed by atoms with E-state index in [0.717, 1.165) is 11.3 Å². The van der Waals surface area contributed by atoms with Crippen LogP contribution in [0.2, 0.25) is 5.02 Å². The van der Waals surface area contributed by atoms with Crippen LogP contribution in [0.15, 0.2) is 83.8 Å². The Labute approximate surface area is 167 Å². The molecule has 138 valence electrons. The third kappa shape index (κ3) is 2.61. The van der Waals surface area contributed by atoms with Crippen LogP contribution >= 0.6 is 11.6 Å². The fourth-order valence-electron chi connectivity index (χ4n) is 3.42. The molecule has 28 heavy (non-hydrogen) atoms. The molecule has 0 saturated heterocycles. The first-order chi connectivity index (χ1) is 13.5. The van der Waals surface area contributed by atoms with E-state index in [-0.39, 0.29) is 4.90 Å². The molecule has 2 heterocycles. The number of halogens is 1. The highest BCUT2D eigenvalue weighted by molar-refractivity contribution is 7.93. The van der Waals surface area contributed by atoms with Gasteiger partial charge in [-0.25, -0.2) is 13.1 Å². The van der Waals surface area contributed by atoms with Crippen molar-refractivity contribution in [2.75, 3.05) is 4.72 Å². The number of nitrogens with zero attached hydrogens (tertiary/aromatic N) is 2. The molecule has 0 radical (unpaired) electrons. The maximum absolute atomic E-state index is 12.8. The second-order valence-corrected chi connectivity index (χ2v) is 8.52. The van der Waals surface area contributed by atoms with E-state index in [1.165, 1.54) is 0 Å². The Balaban J connectivity index is 1.86. The molecular weight excluding hydrogens is 394 g/mol. The zero-order valence-electron chi connectivity index (χ0n) is 14.5. The van der Waals surface area contributed by atoms with Crippen molar-refractivity contribution in [2.45, 2.75) is 4.90 Å². The lowest BCUT2D eigenvalue weighted by Gasteiger charge is -2.20. The van der Waals surface area contributed by atoms with Gasteiger partial charge in [-0.2, -0.15) is 5.10 Å². The molecule has 0 atom stereocenters. The summed E-state index contributed by atoms with van der Waals surface area (Å²) >= 11 is 6.02. The van der Waals surface area contributed by atoms with Crippen molar-refractivity contribution in [3.8, 4) is 28.2 Å². The molecule has 0 fully saturated rings. The number of aromatic nitrogens is 2. The van der Waals surface area contributed by atoms with Crippen LogP contribution in [-0.2, 0) is 10.0 Å². The lowest BCUT2D eigenvalue weighted by Crippen LogP contribution is -2.19. The third-order valence-electron chi connectivity index (χ3n) is 4.67. The standard InChI is InChI=1S/C21H14ClN3O2S/c22-15-12-10-14(11-13-15)19-20-21(25(23-19)16-6-2-1-3-7-16)17-8-4-5-9-18(17)28(26,27)24-20/h1-13,24H. The highest BCUT2D eigenvalue weighted by Crippen LogP contribution is 2.45. The van der Waals surface area contributed by atoms with E-state index in [0.29, 0.717) is 27.7 Å². The summed E-state index contributed by atoms with van der Waals surface area (Å²) in [4.78, 5) is 0.238. The highest BCUT2D eigenvalue weighted by atomic mass is 35.5. The second-order valence-electron chi connectivity index (χ2n) is 6.43. The van der Waals surface area contributed by atoms with Crippen molar-refractivity contribution in [3.63, 3.8) is 0 Å². The summed E-state index contributed by atoms with van der Waals surface area (Å²) in [6.07, 6.45) is 0. The number of benzene rings is 3. The van der Waals surface area contributed by atoms with Gasteiger partial charge in [-0.05, 0) is 30.3 Å². The molecule has 0 aliphatic carbocycles. The molecule has 4 aromatic rings. The van der Waals surface area contributed by atoms with E-state index in [4.69, 9.17) is 16.7 Å². The van der Waals surface area contributed by atoms with Gasteiger partial charge < -0.3 is 0 Å². The molecule has 1 aliphatic heterocycles. The van der Waals surface area contributed by atoms with Gasteiger partial charge in [0.2, 0.25) is 0 Å². The van der Waals surface area contributed by atoms with Gasteiger partial charge in [0.15, 0.2) is 0 Å². The highest BCUT2D eigenvalue weighted by Gasteiger charge is 2.33. The molecule has 1 aromatic heterocycles. The number of para-hydroxylation sites is 1. The van der Waals surface area contributed by atoms with Crippen LogP contribution in [0.4, 0.5) is 5.69 Å². The largest absolute Gasteiger partial charge is 0.275 e. The van der Waals surface area contributed by atoms with E-state index in [1.54, 1.807) is 35.0 Å². The molecule has 0 bridgehead atoms. The van der Waals surface area contributed by atoms with Crippen molar-refractivity contribution in [3.05, 3.63) is 83.9 Å². The Hall–Kier alpha value is -3.09. The Kier molecular flexibility index (Phi) is 3.79. The first kappa shape index (κ1) is 17.0. The first-order valence-corrected chi connectivity index (χ1v) is 10.5. The summed E-state index contributed by atoms with van der Waals surface area (Å²) in [6, 6.07) is 23.8. The van der Waals surface area contributed by atoms with Gasteiger partial charge in [0.05, 0.1) is 10.6 Å². The molecule has 5 rings (SSSR count). The quantitative estimate of drug-likeness (QED) is 0.510. The van der Waals surface area contributed by atoms with Gasteiger partial charge in [-0.3, -0.25) is 4.72 Å². The van der Waals surface area contributed by atoms with Crippen molar-refractivity contribution < 1.29 is 8.42 Å². The number of rotatable bonds is 2. The predicted octanol–water partition coefficient (Wildman–Crippen LogP) is 4.97. The lowest BCUT2D eigenvalue weighted by molar-refractivity contribution is 0.601. The van der Waals surface area contributed by atoms with E-state index in [9.17, 15) is 8.42 Å². The Bertz CT molecular complexity index is 1300. The summed E-state index contributed by atoms with van der Waals surface area (Å²) in [7, 11) is -3.69. The average Bonchev–Trinajstić information content (AvgIpc) is 3.08. The normalized spacial score (nSPS) is 14.0. The van der Waals surface area contributed by atoms with E-state index < -0.39 is 10.0 Å². The van der Waals surface area contributed by atoms with Crippen LogP contribution in [0, 0.1) is 0 Å². The number of hydrogen-bond acceptors (Lipinski definition) is 3. The summed E-state index contributed by atoms with van der Waals surface area (Å²) in [5.74, 6) is 0. The number of sulfonamides is 1. The molecule has 0 amide bonds. The van der Waals surface area contributed by atoms with Gasteiger partial charge in [0.1, 0.15) is 17.1 Å². The molecule has 0 spiro atoms. The third-order valence-corrected chi connectivity index (χ3v) is 6.33. The number of hydrogen-bond donors (Lipinski definition) is 1. The molecule has 1 N–H and O–H groups in total. The zero-order chi connectivity index (χ0) is 19.3. The minimum atomic E-state index is -3.69. The lowest BCUT2D eigenvalue weighted by atomic mass is 10.1. The van der Waals surface area contributed by atoms with Gasteiger partial charge in [-0.1, -0.05) is 60.1 Å². The SMILES string of the molecule is O=S1(=O)Nc2c(-c3ccc(Cl)cc3)nn(-c3ccccc3)c2-c2ccccc21. The van der Waals surface area contributed by atoms with E-state index in [2.05, 4.69) is 4.72 Å². The molecular formula is C21H14ClN3O2S. The fraction of sp³-hybridized carbons (Fsp3) is 0. The van der Waals surface area contributed by atoms with Gasteiger partial charge >= 0.3 is 0 Å². The van der Waals surface area contributed by atoms with E-state index >= 15 is 0 Å². The molecule has 1 aliphatic rings. The Morgan fingerprint density at radius 1 is 0.857 bits per heavy atom. The maximum Gasteiger partial charge on any atom is 0.262 e. The first-order valence-electron chi connectivity index (χ1n) is 8.61. The zero-order valence-corrected chi connectivity index (χ0v) is 16.1. The van der Waals surface area contributed by atoms with Crippen LogP contribution < -0.4 is 4.72 Å². The molecule has 0 unspecified atom stereocenters. The Morgan fingerprint density at radius 3 is 2.29 bits per heavy atom. The van der Waals surface area contributed by atoms with Crippen LogP contribution in [0.25, 0.3) is 28.2 Å². The summed E-state index contributed by atoms with van der Waals surface area (Å²) in [5.41, 5.74) is 3.96. The minimum Gasteiger partial charge on any atom is -0.275 e. The van der Waals surface area contributed by atoms with Gasteiger partial charge in [0.25, 0.3) is 10.0 Å². The number of anilines is 1. The monoisotopic (exact) mass is 407 g/mol. The topological polar surface area (TPSA) is 64.0 Å². The number of fused-ring (bicyclic) bond motifs is 3. The van der Waals surface area contributed by atoms with Gasteiger partial charge in [-0.15, -0.1) is 0 Å². The van der Waals surface area contributed by atoms with Crippen molar-refractivity contribution >= 4 is 27.3 Å². The summed E-state index contributed by atoms with van der Waals surface area (Å²) in [6.45, 7) is 0. The van der Waals surface area contributed by atoms with E-state index in [1.807, 2.05) is 48.5 Å². The van der Waals surface area contributed by atoms with Crippen LogP contribution in [0.5, 0.6) is 0 Å². The van der Waals surface area contributed by atoms with Crippen LogP contribution in [0.3, 0.4) is 0 Å². The van der Waals surface area contributed by atoms with Gasteiger partial charge in [0, 0.05) is 16.1 Å².